The lowest BCUT2D eigenvalue weighted by Crippen LogP contribution is -2.30. The Morgan fingerprint density at radius 2 is 2.08 bits per heavy atom. The zero-order chi connectivity index (χ0) is 9.78. The SMILES string of the molecule is CCC(Cl)CC(Cl)(Cl)C(=O)OC. The fraction of sp³-hybridized carbons (Fsp3) is 0.857. The van der Waals surface area contributed by atoms with E-state index >= 15 is 0 Å². The summed E-state index contributed by atoms with van der Waals surface area (Å²) in [5.74, 6) is -0.662. The van der Waals surface area contributed by atoms with Crippen LogP contribution in [0.5, 0.6) is 0 Å². The maximum atomic E-state index is 10.9. The average molecular weight is 234 g/mol. The van der Waals surface area contributed by atoms with Crippen molar-refractivity contribution in [3.05, 3.63) is 0 Å². The number of hydrogen-bond acceptors (Lipinski definition) is 2. The molecule has 1 unspecified atom stereocenters. The minimum Gasteiger partial charge on any atom is -0.467 e. The summed E-state index contributed by atoms with van der Waals surface area (Å²) in [7, 11) is 1.23. The Labute approximate surface area is 87.1 Å². The largest absolute Gasteiger partial charge is 0.467 e. The van der Waals surface area contributed by atoms with Crippen LogP contribution in [0.15, 0.2) is 0 Å². The first-order valence-corrected chi connectivity index (χ1v) is 4.73. The fourth-order valence-corrected chi connectivity index (χ4v) is 1.57. The van der Waals surface area contributed by atoms with E-state index in [1.54, 1.807) is 0 Å². The van der Waals surface area contributed by atoms with Crippen LogP contribution in [-0.4, -0.2) is 22.8 Å². The quantitative estimate of drug-likeness (QED) is 0.551. The van der Waals surface area contributed by atoms with Crippen LogP contribution >= 0.6 is 34.8 Å². The Morgan fingerprint density at radius 3 is 2.42 bits per heavy atom. The van der Waals surface area contributed by atoms with E-state index in [1.807, 2.05) is 6.92 Å². The smallest absolute Gasteiger partial charge is 0.342 e. The van der Waals surface area contributed by atoms with Crippen LogP contribution in [0.2, 0.25) is 0 Å². The highest BCUT2D eigenvalue weighted by Gasteiger charge is 2.36. The Bertz CT molecular complexity index is 159. The standard InChI is InChI=1S/C7H11Cl3O2/c1-3-5(8)4-7(9,10)6(11)12-2/h5H,3-4H2,1-2H3. The van der Waals surface area contributed by atoms with Crippen molar-refractivity contribution in [3.8, 4) is 0 Å². The van der Waals surface area contributed by atoms with Crippen LogP contribution in [0.4, 0.5) is 0 Å². The molecule has 0 amide bonds. The van der Waals surface area contributed by atoms with Gasteiger partial charge in [-0.1, -0.05) is 30.1 Å². The number of esters is 1. The van der Waals surface area contributed by atoms with Crippen LogP contribution in [0.25, 0.3) is 0 Å². The van der Waals surface area contributed by atoms with Crippen LogP contribution in [-0.2, 0) is 9.53 Å². The molecule has 1 atom stereocenters. The number of carbonyl (C=O) groups is 1. The first-order valence-electron chi connectivity index (χ1n) is 3.54. The van der Waals surface area contributed by atoms with Crippen molar-refractivity contribution in [2.24, 2.45) is 0 Å². The predicted octanol–water partition coefficient (Wildman–Crippen LogP) is 2.74. The van der Waals surface area contributed by atoms with E-state index < -0.39 is 10.3 Å². The van der Waals surface area contributed by atoms with Gasteiger partial charge < -0.3 is 4.74 Å². The molecule has 0 saturated carbocycles. The fourth-order valence-electron chi connectivity index (χ4n) is 0.655. The van der Waals surface area contributed by atoms with Crippen molar-refractivity contribution in [3.63, 3.8) is 0 Å². The third-order valence-corrected chi connectivity index (χ3v) is 2.48. The van der Waals surface area contributed by atoms with Crippen LogP contribution in [0.1, 0.15) is 19.8 Å². The molecule has 0 N–H and O–H groups in total. The molecule has 0 aromatic carbocycles. The highest BCUT2D eigenvalue weighted by atomic mass is 35.5. The maximum Gasteiger partial charge on any atom is 0.342 e. The number of rotatable bonds is 4. The number of hydrogen-bond donors (Lipinski definition) is 0. The van der Waals surface area contributed by atoms with Gasteiger partial charge in [-0.15, -0.1) is 11.6 Å². The molecule has 0 saturated heterocycles. The number of ether oxygens (including phenoxy) is 1. The highest BCUT2D eigenvalue weighted by Crippen LogP contribution is 2.30. The third kappa shape index (κ3) is 3.83. The molecule has 0 rings (SSSR count). The topological polar surface area (TPSA) is 26.3 Å². The molecule has 0 radical (unpaired) electrons. The Hall–Kier alpha value is 0.340. The zero-order valence-electron chi connectivity index (χ0n) is 6.94. The van der Waals surface area contributed by atoms with E-state index in [2.05, 4.69) is 4.74 Å². The van der Waals surface area contributed by atoms with Gasteiger partial charge in [-0.2, -0.15) is 0 Å². The van der Waals surface area contributed by atoms with Crippen LogP contribution in [0.3, 0.4) is 0 Å². The number of carbonyl (C=O) groups excluding carboxylic acids is 1. The summed E-state index contributed by atoms with van der Waals surface area (Å²) in [6.45, 7) is 1.89. The van der Waals surface area contributed by atoms with E-state index in [1.165, 1.54) is 7.11 Å². The summed E-state index contributed by atoms with van der Waals surface area (Å²) in [4.78, 5) is 10.9. The molecule has 0 aromatic rings. The van der Waals surface area contributed by atoms with Gasteiger partial charge in [0.2, 0.25) is 4.33 Å². The van der Waals surface area contributed by atoms with E-state index in [4.69, 9.17) is 34.8 Å². The maximum absolute atomic E-state index is 10.9. The first-order chi connectivity index (χ1) is 5.44. The predicted molar refractivity (Wildman–Crippen MR) is 51.0 cm³/mol. The van der Waals surface area contributed by atoms with Crippen molar-refractivity contribution >= 4 is 40.8 Å². The minimum absolute atomic E-state index is 0.195. The lowest BCUT2D eigenvalue weighted by molar-refractivity contribution is -0.141. The molecule has 0 aliphatic carbocycles. The Balaban J connectivity index is 4.11. The zero-order valence-corrected chi connectivity index (χ0v) is 9.21. The van der Waals surface area contributed by atoms with Crippen molar-refractivity contribution in [1.82, 2.24) is 0 Å². The summed E-state index contributed by atoms with van der Waals surface area (Å²) in [6, 6.07) is 0. The normalized spacial score (nSPS) is 14.1. The molecule has 5 heteroatoms. The second-order valence-electron chi connectivity index (χ2n) is 2.41. The molecule has 0 fully saturated rings. The van der Waals surface area contributed by atoms with Crippen molar-refractivity contribution < 1.29 is 9.53 Å². The number of alkyl halides is 3. The molecule has 12 heavy (non-hydrogen) atoms. The molecule has 0 heterocycles. The van der Waals surface area contributed by atoms with Gasteiger partial charge in [0.15, 0.2) is 0 Å². The van der Waals surface area contributed by atoms with Gasteiger partial charge in [0, 0.05) is 11.8 Å². The van der Waals surface area contributed by atoms with Crippen LogP contribution < -0.4 is 0 Å². The number of methoxy groups -OCH3 is 1. The van der Waals surface area contributed by atoms with E-state index in [0.717, 1.165) is 0 Å². The van der Waals surface area contributed by atoms with Gasteiger partial charge in [0.25, 0.3) is 0 Å². The van der Waals surface area contributed by atoms with Gasteiger partial charge in [0.1, 0.15) is 0 Å². The molecular formula is C7H11Cl3O2. The molecule has 0 aliphatic heterocycles. The van der Waals surface area contributed by atoms with Gasteiger partial charge in [0.05, 0.1) is 7.11 Å². The van der Waals surface area contributed by atoms with E-state index in [-0.39, 0.29) is 11.8 Å². The van der Waals surface area contributed by atoms with E-state index in [9.17, 15) is 4.79 Å². The molecule has 0 bridgehead atoms. The molecule has 0 spiro atoms. The highest BCUT2D eigenvalue weighted by molar-refractivity contribution is 6.57. The second kappa shape index (κ2) is 5.15. The summed E-state index contributed by atoms with van der Waals surface area (Å²) < 4.78 is 2.88. The van der Waals surface area contributed by atoms with Crippen molar-refractivity contribution in [1.29, 1.82) is 0 Å². The second-order valence-corrected chi connectivity index (χ2v) is 4.51. The Morgan fingerprint density at radius 1 is 1.58 bits per heavy atom. The summed E-state index contributed by atoms with van der Waals surface area (Å²) in [5.41, 5.74) is 0. The van der Waals surface area contributed by atoms with Crippen LogP contribution in [0, 0.1) is 0 Å². The summed E-state index contributed by atoms with van der Waals surface area (Å²) >= 11 is 17.1. The molecule has 0 aromatic heterocycles. The van der Waals surface area contributed by atoms with Crippen molar-refractivity contribution in [2.75, 3.05) is 7.11 Å². The summed E-state index contributed by atoms with van der Waals surface area (Å²) in [6.07, 6.45) is 0.903. The Kier molecular flexibility index (Phi) is 5.30. The third-order valence-electron chi connectivity index (χ3n) is 1.40. The monoisotopic (exact) mass is 232 g/mol. The average Bonchev–Trinajstić information content (AvgIpc) is 2.02. The summed E-state index contributed by atoms with van der Waals surface area (Å²) in [5, 5.41) is -0.209. The minimum atomic E-state index is -1.52. The van der Waals surface area contributed by atoms with Gasteiger partial charge in [-0.3, -0.25) is 0 Å². The number of halogens is 3. The lowest BCUT2D eigenvalue weighted by Gasteiger charge is -2.18. The molecule has 0 aliphatic rings. The molecule has 2 nitrogen and oxygen atoms in total. The lowest BCUT2D eigenvalue weighted by atomic mass is 10.2. The molecular weight excluding hydrogens is 222 g/mol. The van der Waals surface area contributed by atoms with Crippen molar-refractivity contribution in [2.45, 2.75) is 29.5 Å². The molecule has 72 valence electrons. The first kappa shape index (κ1) is 12.3. The van der Waals surface area contributed by atoms with Gasteiger partial charge in [-0.05, 0) is 6.42 Å². The van der Waals surface area contributed by atoms with Gasteiger partial charge >= 0.3 is 5.97 Å². The van der Waals surface area contributed by atoms with Gasteiger partial charge in [-0.25, -0.2) is 4.79 Å². The van der Waals surface area contributed by atoms with E-state index in [0.29, 0.717) is 6.42 Å².